The highest BCUT2D eigenvalue weighted by molar-refractivity contribution is 9.09. The zero-order chi connectivity index (χ0) is 11.5. The van der Waals surface area contributed by atoms with E-state index in [4.69, 9.17) is 9.15 Å². The second-order valence-electron chi connectivity index (χ2n) is 3.95. The van der Waals surface area contributed by atoms with Crippen LogP contribution in [0.1, 0.15) is 17.3 Å². The van der Waals surface area contributed by atoms with E-state index in [0.29, 0.717) is 18.7 Å². The molecule has 2 heterocycles. The Labute approximate surface area is 103 Å². The van der Waals surface area contributed by atoms with Gasteiger partial charge in [0, 0.05) is 18.4 Å². The SMILES string of the molecule is CC1CN(C(=O)c2ccoc2)CC(CBr)O1. The van der Waals surface area contributed by atoms with Crippen LogP contribution in [-0.4, -0.2) is 41.4 Å². The number of furan rings is 1. The summed E-state index contributed by atoms with van der Waals surface area (Å²) >= 11 is 3.38. The summed E-state index contributed by atoms with van der Waals surface area (Å²) in [5.41, 5.74) is 0.599. The molecule has 2 unspecified atom stereocenters. The Hall–Kier alpha value is -0.810. The van der Waals surface area contributed by atoms with Crippen LogP contribution in [0.15, 0.2) is 23.0 Å². The smallest absolute Gasteiger partial charge is 0.257 e. The molecule has 1 amide bonds. The van der Waals surface area contributed by atoms with Crippen LogP contribution in [0.5, 0.6) is 0 Å². The number of hydrogen-bond donors (Lipinski definition) is 0. The average molecular weight is 288 g/mol. The first kappa shape index (κ1) is 11.7. The van der Waals surface area contributed by atoms with E-state index in [9.17, 15) is 4.79 Å². The molecule has 5 heteroatoms. The van der Waals surface area contributed by atoms with Crippen LogP contribution in [0.4, 0.5) is 0 Å². The molecule has 0 saturated carbocycles. The minimum absolute atomic E-state index is 0.00912. The number of nitrogens with zero attached hydrogens (tertiary/aromatic N) is 1. The Kier molecular flexibility index (Phi) is 3.66. The summed E-state index contributed by atoms with van der Waals surface area (Å²) in [4.78, 5) is 13.9. The van der Waals surface area contributed by atoms with Crippen LogP contribution in [0, 0.1) is 0 Å². The van der Waals surface area contributed by atoms with E-state index in [1.54, 1.807) is 6.07 Å². The predicted octanol–water partition coefficient (Wildman–Crippen LogP) is 1.90. The molecular weight excluding hydrogens is 274 g/mol. The van der Waals surface area contributed by atoms with Crippen molar-refractivity contribution in [2.24, 2.45) is 0 Å². The van der Waals surface area contributed by atoms with E-state index in [1.165, 1.54) is 12.5 Å². The van der Waals surface area contributed by atoms with Gasteiger partial charge in [-0.25, -0.2) is 0 Å². The second-order valence-corrected chi connectivity index (χ2v) is 4.59. The number of amides is 1. The van der Waals surface area contributed by atoms with Gasteiger partial charge in [-0.1, -0.05) is 15.9 Å². The van der Waals surface area contributed by atoms with E-state index in [1.807, 2.05) is 11.8 Å². The van der Waals surface area contributed by atoms with Crippen molar-refractivity contribution in [3.05, 3.63) is 24.2 Å². The van der Waals surface area contributed by atoms with Gasteiger partial charge in [0.05, 0.1) is 24.0 Å². The van der Waals surface area contributed by atoms with E-state index in [0.717, 1.165) is 5.33 Å². The number of alkyl halides is 1. The first-order valence-electron chi connectivity index (χ1n) is 5.23. The molecule has 16 heavy (non-hydrogen) atoms. The van der Waals surface area contributed by atoms with Crippen LogP contribution in [0.25, 0.3) is 0 Å². The molecule has 88 valence electrons. The number of carbonyl (C=O) groups is 1. The number of rotatable bonds is 2. The van der Waals surface area contributed by atoms with Gasteiger partial charge in [0.25, 0.3) is 5.91 Å². The Morgan fingerprint density at radius 1 is 1.62 bits per heavy atom. The monoisotopic (exact) mass is 287 g/mol. The molecule has 1 aromatic rings. The van der Waals surface area contributed by atoms with Gasteiger partial charge in [0.2, 0.25) is 0 Å². The van der Waals surface area contributed by atoms with Crippen molar-refractivity contribution in [2.75, 3.05) is 18.4 Å². The minimum Gasteiger partial charge on any atom is -0.472 e. The number of hydrogen-bond acceptors (Lipinski definition) is 3. The van der Waals surface area contributed by atoms with Gasteiger partial charge < -0.3 is 14.1 Å². The van der Waals surface area contributed by atoms with Crippen molar-refractivity contribution in [3.63, 3.8) is 0 Å². The first-order chi connectivity index (χ1) is 7.70. The molecule has 1 aliphatic rings. The van der Waals surface area contributed by atoms with Gasteiger partial charge in [-0.15, -0.1) is 0 Å². The maximum atomic E-state index is 12.1. The summed E-state index contributed by atoms with van der Waals surface area (Å²) in [5.74, 6) is 0.00912. The van der Waals surface area contributed by atoms with Crippen LogP contribution in [0.2, 0.25) is 0 Å². The Morgan fingerprint density at radius 2 is 2.44 bits per heavy atom. The van der Waals surface area contributed by atoms with Crippen molar-refractivity contribution in [1.82, 2.24) is 4.90 Å². The van der Waals surface area contributed by atoms with E-state index >= 15 is 0 Å². The lowest BCUT2D eigenvalue weighted by Crippen LogP contribution is -2.49. The highest BCUT2D eigenvalue weighted by Crippen LogP contribution is 2.16. The van der Waals surface area contributed by atoms with Gasteiger partial charge in [-0.05, 0) is 13.0 Å². The summed E-state index contributed by atoms with van der Waals surface area (Å²) in [6, 6.07) is 1.69. The fourth-order valence-electron chi connectivity index (χ4n) is 1.87. The van der Waals surface area contributed by atoms with Gasteiger partial charge >= 0.3 is 0 Å². The van der Waals surface area contributed by atoms with Gasteiger partial charge in [0.1, 0.15) is 6.26 Å². The molecule has 0 aromatic carbocycles. The van der Waals surface area contributed by atoms with Crippen molar-refractivity contribution < 1.29 is 13.9 Å². The van der Waals surface area contributed by atoms with Crippen molar-refractivity contribution in [3.8, 4) is 0 Å². The molecule has 0 bridgehead atoms. The van der Waals surface area contributed by atoms with E-state index < -0.39 is 0 Å². The number of halogens is 1. The van der Waals surface area contributed by atoms with Crippen LogP contribution >= 0.6 is 15.9 Å². The Bertz CT molecular complexity index is 352. The lowest BCUT2D eigenvalue weighted by atomic mass is 10.2. The quantitative estimate of drug-likeness (QED) is 0.781. The Balaban J connectivity index is 2.06. The third kappa shape index (κ3) is 2.47. The summed E-state index contributed by atoms with van der Waals surface area (Å²) in [6.45, 7) is 3.23. The Morgan fingerprint density at radius 3 is 3.06 bits per heavy atom. The van der Waals surface area contributed by atoms with Crippen LogP contribution < -0.4 is 0 Å². The van der Waals surface area contributed by atoms with Crippen molar-refractivity contribution in [1.29, 1.82) is 0 Å². The summed E-state index contributed by atoms with van der Waals surface area (Å²) in [6.07, 6.45) is 3.14. The highest BCUT2D eigenvalue weighted by Gasteiger charge is 2.28. The summed E-state index contributed by atoms with van der Waals surface area (Å²) < 4.78 is 10.6. The fourth-order valence-corrected chi connectivity index (χ4v) is 2.22. The normalized spacial score (nSPS) is 25.8. The summed E-state index contributed by atoms with van der Waals surface area (Å²) in [7, 11) is 0. The molecule has 2 atom stereocenters. The zero-order valence-electron chi connectivity index (χ0n) is 9.06. The first-order valence-corrected chi connectivity index (χ1v) is 6.35. The maximum absolute atomic E-state index is 12.1. The molecular formula is C11H14BrNO3. The molecule has 0 spiro atoms. The zero-order valence-corrected chi connectivity index (χ0v) is 10.6. The van der Waals surface area contributed by atoms with Crippen LogP contribution in [-0.2, 0) is 4.74 Å². The van der Waals surface area contributed by atoms with Crippen molar-refractivity contribution >= 4 is 21.8 Å². The minimum atomic E-state index is 0.00912. The van der Waals surface area contributed by atoms with Crippen molar-refractivity contribution in [2.45, 2.75) is 19.1 Å². The molecule has 4 nitrogen and oxygen atoms in total. The van der Waals surface area contributed by atoms with E-state index in [-0.39, 0.29) is 18.1 Å². The molecule has 1 aromatic heterocycles. The third-order valence-electron chi connectivity index (χ3n) is 2.55. The molecule has 1 fully saturated rings. The molecule has 1 saturated heterocycles. The number of morpholine rings is 1. The molecule has 0 radical (unpaired) electrons. The number of carbonyl (C=O) groups excluding carboxylic acids is 1. The molecule has 0 aliphatic carbocycles. The predicted molar refractivity (Wildman–Crippen MR) is 62.7 cm³/mol. The lowest BCUT2D eigenvalue weighted by molar-refractivity contribution is -0.0559. The molecule has 0 N–H and O–H groups in total. The van der Waals surface area contributed by atoms with Gasteiger partial charge in [-0.2, -0.15) is 0 Å². The molecule has 2 rings (SSSR count). The standard InChI is InChI=1S/C11H14BrNO3/c1-8-5-13(6-10(4-12)16-8)11(14)9-2-3-15-7-9/h2-3,7-8,10H,4-6H2,1H3. The number of ether oxygens (including phenoxy) is 1. The maximum Gasteiger partial charge on any atom is 0.257 e. The van der Waals surface area contributed by atoms with Gasteiger partial charge in [0.15, 0.2) is 0 Å². The lowest BCUT2D eigenvalue weighted by Gasteiger charge is -2.35. The highest BCUT2D eigenvalue weighted by atomic mass is 79.9. The largest absolute Gasteiger partial charge is 0.472 e. The second kappa shape index (κ2) is 5.01. The van der Waals surface area contributed by atoms with E-state index in [2.05, 4.69) is 15.9 Å². The van der Waals surface area contributed by atoms with Crippen LogP contribution in [0.3, 0.4) is 0 Å². The fraction of sp³-hybridized carbons (Fsp3) is 0.545. The third-order valence-corrected chi connectivity index (χ3v) is 3.28. The van der Waals surface area contributed by atoms with Gasteiger partial charge in [-0.3, -0.25) is 4.79 Å². The average Bonchev–Trinajstić information content (AvgIpc) is 2.80. The molecule has 1 aliphatic heterocycles. The summed E-state index contributed by atoms with van der Waals surface area (Å²) in [5, 5.41) is 0.743. The topological polar surface area (TPSA) is 42.7 Å².